The van der Waals surface area contributed by atoms with Crippen LogP contribution in [-0.4, -0.2) is 28.0 Å². The van der Waals surface area contributed by atoms with Gasteiger partial charge in [0.1, 0.15) is 12.3 Å². The Morgan fingerprint density at radius 2 is 1.75 bits per heavy atom. The molecule has 8 heteroatoms. The van der Waals surface area contributed by atoms with E-state index in [1.165, 1.54) is 49.3 Å². The number of anilines is 1. The van der Waals surface area contributed by atoms with Crippen molar-refractivity contribution in [3.05, 3.63) is 88.4 Å². The molecule has 0 spiro atoms. The molecule has 1 atom stereocenters. The molecule has 1 N–H and O–H groups in total. The number of rotatable bonds is 9. The van der Waals surface area contributed by atoms with E-state index in [1.54, 1.807) is 30.3 Å². The number of nitrogens with zero attached hydrogens (tertiary/aromatic N) is 1. The molecule has 1 aliphatic rings. The van der Waals surface area contributed by atoms with E-state index in [0.717, 1.165) is 22.7 Å². The van der Waals surface area contributed by atoms with Crippen molar-refractivity contribution in [1.29, 1.82) is 0 Å². The van der Waals surface area contributed by atoms with Crippen molar-refractivity contribution in [2.75, 3.05) is 18.0 Å². The summed E-state index contributed by atoms with van der Waals surface area (Å²) in [6.07, 6.45) is 5.19. The van der Waals surface area contributed by atoms with Crippen molar-refractivity contribution in [3.8, 4) is 5.75 Å². The number of carbonyl (C=O) groups excluding carboxylic acids is 1. The summed E-state index contributed by atoms with van der Waals surface area (Å²) in [7, 11) is -2.64. The van der Waals surface area contributed by atoms with Crippen LogP contribution in [0.5, 0.6) is 5.75 Å². The fourth-order valence-corrected chi connectivity index (χ4v) is 6.25. The summed E-state index contributed by atoms with van der Waals surface area (Å²) in [5, 5.41) is 3.38. The van der Waals surface area contributed by atoms with Crippen LogP contribution < -0.4 is 14.4 Å². The van der Waals surface area contributed by atoms with Crippen LogP contribution in [-0.2, 0) is 27.7 Å². The van der Waals surface area contributed by atoms with Gasteiger partial charge in [-0.25, -0.2) is 8.42 Å². The molecular formula is C28H31ClN2O4S. The van der Waals surface area contributed by atoms with E-state index < -0.39 is 22.5 Å². The molecule has 3 aromatic rings. The lowest BCUT2D eigenvalue weighted by Gasteiger charge is -2.27. The second-order valence-corrected chi connectivity index (χ2v) is 11.2. The van der Waals surface area contributed by atoms with Crippen molar-refractivity contribution in [1.82, 2.24) is 5.32 Å². The highest BCUT2D eigenvalue weighted by Crippen LogP contribution is 2.35. The smallest absolute Gasteiger partial charge is 0.264 e. The van der Waals surface area contributed by atoms with Crippen molar-refractivity contribution < 1.29 is 17.9 Å². The van der Waals surface area contributed by atoms with E-state index in [-0.39, 0.29) is 16.6 Å². The zero-order valence-electron chi connectivity index (χ0n) is 20.5. The summed E-state index contributed by atoms with van der Waals surface area (Å²) in [6.45, 7) is 1.58. The summed E-state index contributed by atoms with van der Waals surface area (Å²) >= 11 is 6.22. The van der Waals surface area contributed by atoms with Crippen molar-refractivity contribution in [2.45, 2.75) is 50.0 Å². The Balaban J connectivity index is 1.64. The largest absolute Gasteiger partial charge is 0.495 e. The maximum absolute atomic E-state index is 13.7. The summed E-state index contributed by atoms with van der Waals surface area (Å²) < 4.78 is 33.8. The lowest BCUT2D eigenvalue weighted by atomic mass is 9.89. The van der Waals surface area contributed by atoms with E-state index in [2.05, 4.69) is 23.5 Å². The first kappa shape index (κ1) is 26.0. The average Bonchev–Trinajstić information content (AvgIpc) is 2.90. The number of benzene rings is 3. The molecule has 0 aromatic heterocycles. The summed E-state index contributed by atoms with van der Waals surface area (Å²) in [5.74, 6) is -0.116. The third kappa shape index (κ3) is 5.68. The Kier molecular flexibility index (Phi) is 8.21. The van der Waals surface area contributed by atoms with Crippen LogP contribution in [0.15, 0.2) is 71.6 Å². The van der Waals surface area contributed by atoms with Crippen molar-refractivity contribution in [2.24, 2.45) is 0 Å². The third-order valence-electron chi connectivity index (χ3n) is 6.55. The van der Waals surface area contributed by atoms with Crippen LogP contribution in [0, 0.1) is 0 Å². The van der Waals surface area contributed by atoms with Gasteiger partial charge in [-0.05, 0) is 79.1 Å². The first-order valence-electron chi connectivity index (χ1n) is 12.2. The SMILES string of the molecule is CCC(NC(=O)CN(c1cc(Cl)ccc1OC)S(=O)(=O)c1ccccc1)c1ccc2c(c1)CCCC2. The first-order chi connectivity index (χ1) is 17.3. The maximum Gasteiger partial charge on any atom is 0.264 e. The van der Waals surface area contributed by atoms with Gasteiger partial charge in [-0.15, -0.1) is 0 Å². The molecule has 0 aliphatic heterocycles. The standard InChI is InChI=1S/C28H31ClN2O4S/c1-3-25(22-14-13-20-9-7-8-10-21(20)17-22)30-28(32)19-31(26-18-23(29)15-16-27(26)35-2)36(33,34)24-11-5-4-6-12-24/h4-6,11-18,25H,3,7-10,19H2,1-2H3,(H,30,32). The van der Waals surface area contributed by atoms with Crippen LogP contribution in [0.4, 0.5) is 5.69 Å². The van der Waals surface area contributed by atoms with E-state index in [4.69, 9.17) is 16.3 Å². The predicted octanol–water partition coefficient (Wildman–Crippen LogP) is 5.69. The number of fused-ring (bicyclic) bond motifs is 1. The van der Waals surface area contributed by atoms with E-state index in [1.807, 2.05) is 6.92 Å². The highest BCUT2D eigenvalue weighted by molar-refractivity contribution is 7.92. The van der Waals surface area contributed by atoms with E-state index in [0.29, 0.717) is 17.2 Å². The number of aryl methyl sites for hydroxylation is 2. The molecule has 0 radical (unpaired) electrons. The normalized spacial score (nSPS) is 14.0. The zero-order valence-corrected chi connectivity index (χ0v) is 22.1. The molecule has 0 fully saturated rings. The van der Waals surface area contributed by atoms with Gasteiger partial charge in [0.05, 0.1) is 23.7 Å². The number of hydrogen-bond donors (Lipinski definition) is 1. The summed E-state index contributed by atoms with van der Waals surface area (Å²) in [6, 6.07) is 18.9. The van der Waals surface area contributed by atoms with Gasteiger partial charge in [-0.1, -0.05) is 54.9 Å². The molecule has 3 aromatic carbocycles. The Morgan fingerprint density at radius 3 is 2.44 bits per heavy atom. The lowest BCUT2D eigenvalue weighted by molar-refractivity contribution is -0.120. The van der Waals surface area contributed by atoms with Crippen molar-refractivity contribution >= 4 is 33.2 Å². The maximum atomic E-state index is 13.7. The van der Waals surface area contributed by atoms with Crippen LogP contribution >= 0.6 is 11.6 Å². The zero-order chi connectivity index (χ0) is 25.7. The Bertz CT molecular complexity index is 1330. The Morgan fingerprint density at radius 1 is 1.03 bits per heavy atom. The third-order valence-corrected chi connectivity index (χ3v) is 8.56. The minimum atomic E-state index is -4.08. The molecule has 0 saturated heterocycles. The second-order valence-electron chi connectivity index (χ2n) is 8.90. The number of halogens is 1. The Labute approximate surface area is 218 Å². The van der Waals surface area contributed by atoms with Gasteiger partial charge in [0, 0.05) is 5.02 Å². The van der Waals surface area contributed by atoms with Crippen molar-refractivity contribution in [3.63, 3.8) is 0 Å². The summed E-state index contributed by atoms with van der Waals surface area (Å²) in [4.78, 5) is 13.4. The van der Waals surface area contributed by atoms with Crippen LogP contribution in [0.25, 0.3) is 0 Å². The molecule has 0 heterocycles. The van der Waals surface area contributed by atoms with Crippen LogP contribution in [0.2, 0.25) is 5.02 Å². The highest BCUT2D eigenvalue weighted by Gasteiger charge is 2.30. The molecule has 1 unspecified atom stereocenters. The number of amides is 1. The molecular weight excluding hydrogens is 496 g/mol. The molecule has 0 saturated carbocycles. The molecule has 6 nitrogen and oxygen atoms in total. The molecule has 1 amide bonds. The van der Waals surface area contributed by atoms with E-state index >= 15 is 0 Å². The first-order valence-corrected chi connectivity index (χ1v) is 14.0. The summed E-state index contributed by atoms with van der Waals surface area (Å²) in [5.41, 5.74) is 3.94. The van der Waals surface area contributed by atoms with Gasteiger partial charge < -0.3 is 10.1 Å². The van der Waals surface area contributed by atoms with E-state index in [9.17, 15) is 13.2 Å². The highest BCUT2D eigenvalue weighted by atomic mass is 35.5. The van der Waals surface area contributed by atoms with Gasteiger partial charge in [-0.2, -0.15) is 0 Å². The van der Waals surface area contributed by atoms with Crippen LogP contribution in [0.1, 0.15) is 48.9 Å². The number of sulfonamides is 1. The molecule has 0 bridgehead atoms. The fraction of sp³-hybridized carbons (Fsp3) is 0.321. The number of nitrogens with one attached hydrogen (secondary N) is 1. The lowest BCUT2D eigenvalue weighted by Crippen LogP contribution is -2.42. The molecule has 4 rings (SSSR count). The topological polar surface area (TPSA) is 75.7 Å². The van der Waals surface area contributed by atoms with Gasteiger partial charge in [0.15, 0.2) is 0 Å². The second kappa shape index (κ2) is 11.4. The van der Waals surface area contributed by atoms with Gasteiger partial charge in [0.25, 0.3) is 10.0 Å². The average molecular weight is 527 g/mol. The molecule has 190 valence electrons. The minimum Gasteiger partial charge on any atom is -0.495 e. The van der Waals surface area contributed by atoms with Gasteiger partial charge >= 0.3 is 0 Å². The Hall–Kier alpha value is -3.03. The predicted molar refractivity (Wildman–Crippen MR) is 143 cm³/mol. The number of hydrogen-bond acceptors (Lipinski definition) is 4. The van der Waals surface area contributed by atoms with Gasteiger partial charge in [-0.3, -0.25) is 9.10 Å². The van der Waals surface area contributed by atoms with Gasteiger partial charge in [0.2, 0.25) is 5.91 Å². The monoisotopic (exact) mass is 526 g/mol. The number of carbonyl (C=O) groups is 1. The van der Waals surface area contributed by atoms with Crippen LogP contribution in [0.3, 0.4) is 0 Å². The molecule has 1 aliphatic carbocycles. The number of methoxy groups -OCH3 is 1. The minimum absolute atomic E-state index is 0.0709. The molecule has 36 heavy (non-hydrogen) atoms. The quantitative estimate of drug-likeness (QED) is 0.388. The fourth-order valence-electron chi connectivity index (χ4n) is 4.64. The number of ether oxygens (including phenoxy) is 1.